The Kier molecular flexibility index (Phi) is 3.26. The van der Waals surface area contributed by atoms with Crippen molar-refractivity contribution in [3.63, 3.8) is 0 Å². The zero-order valence-corrected chi connectivity index (χ0v) is 13.2. The van der Waals surface area contributed by atoms with E-state index in [4.69, 9.17) is 4.74 Å². The minimum Gasteiger partial charge on any atom is -0.455 e. The molecule has 3 atom stereocenters. The van der Waals surface area contributed by atoms with Gasteiger partial charge in [0, 0.05) is 11.5 Å². The van der Waals surface area contributed by atoms with Crippen molar-refractivity contribution in [1.82, 2.24) is 0 Å². The van der Waals surface area contributed by atoms with Crippen molar-refractivity contribution in [3.8, 4) is 0 Å². The van der Waals surface area contributed by atoms with Crippen LogP contribution in [0.15, 0.2) is 12.2 Å². The normalized spacial score (nSPS) is 45.5. The Bertz CT molecular complexity index is 423. The first-order chi connectivity index (χ1) is 9.44. The monoisotopic (exact) mass is 276 g/mol. The van der Waals surface area contributed by atoms with Gasteiger partial charge in [0.1, 0.15) is 5.60 Å². The molecule has 0 aliphatic heterocycles. The van der Waals surface area contributed by atoms with E-state index in [-0.39, 0.29) is 11.6 Å². The maximum atomic E-state index is 12.2. The van der Waals surface area contributed by atoms with Crippen LogP contribution in [0.2, 0.25) is 0 Å². The van der Waals surface area contributed by atoms with Crippen LogP contribution in [-0.4, -0.2) is 11.6 Å². The first-order valence-corrected chi connectivity index (χ1v) is 8.33. The zero-order chi connectivity index (χ0) is 14.5. The Balaban J connectivity index is 1.96. The Morgan fingerprint density at radius 1 is 1.20 bits per heavy atom. The Morgan fingerprint density at radius 2 is 1.80 bits per heavy atom. The molecule has 3 unspecified atom stereocenters. The molecule has 2 heteroatoms. The third-order valence-electron chi connectivity index (χ3n) is 6.46. The van der Waals surface area contributed by atoms with E-state index in [1.807, 2.05) is 0 Å². The standard InChI is InChI=1S/C18H28O2/c1-5-15-17(6-2)8-13-7-14(9-17)11-18(15,10-13)20-16(19)12(3)4/h13-15H,3,5-11H2,1-2,4H3. The maximum Gasteiger partial charge on any atom is 0.333 e. The summed E-state index contributed by atoms with van der Waals surface area (Å²) in [5.74, 6) is 1.94. The fraction of sp³-hybridized carbons (Fsp3) is 0.833. The summed E-state index contributed by atoms with van der Waals surface area (Å²) in [6.45, 7) is 10.1. The quantitative estimate of drug-likeness (QED) is 0.558. The van der Waals surface area contributed by atoms with Crippen LogP contribution in [0.3, 0.4) is 0 Å². The second kappa shape index (κ2) is 4.61. The van der Waals surface area contributed by atoms with Crippen LogP contribution in [0.5, 0.6) is 0 Å². The number of carbonyl (C=O) groups excluding carboxylic acids is 1. The lowest BCUT2D eigenvalue weighted by Crippen LogP contribution is -2.63. The molecule has 0 saturated heterocycles. The van der Waals surface area contributed by atoms with E-state index in [1.165, 1.54) is 25.7 Å². The van der Waals surface area contributed by atoms with Crippen LogP contribution in [-0.2, 0) is 9.53 Å². The van der Waals surface area contributed by atoms with Crippen LogP contribution in [0.25, 0.3) is 0 Å². The lowest BCUT2D eigenvalue weighted by Gasteiger charge is -2.65. The second-order valence-electron chi connectivity index (χ2n) is 7.70. The van der Waals surface area contributed by atoms with Crippen molar-refractivity contribution in [2.24, 2.45) is 23.2 Å². The van der Waals surface area contributed by atoms with Crippen molar-refractivity contribution in [1.29, 1.82) is 0 Å². The average Bonchev–Trinajstić information content (AvgIpc) is 2.37. The summed E-state index contributed by atoms with van der Waals surface area (Å²) in [7, 11) is 0. The van der Waals surface area contributed by atoms with Gasteiger partial charge >= 0.3 is 5.97 Å². The van der Waals surface area contributed by atoms with E-state index in [9.17, 15) is 4.79 Å². The molecule has 4 aliphatic rings. The highest BCUT2D eigenvalue weighted by Crippen LogP contribution is 2.67. The molecule has 0 N–H and O–H groups in total. The average molecular weight is 276 g/mol. The molecule has 0 aromatic heterocycles. The summed E-state index contributed by atoms with van der Waals surface area (Å²) >= 11 is 0. The van der Waals surface area contributed by atoms with E-state index in [0.717, 1.165) is 31.1 Å². The SMILES string of the molecule is C=C(C)C(=O)OC12CC3CC(CC(CC)(C3)C1CC)C2. The molecule has 20 heavy (non-hydrogen) atoms. The highest BCUT2D eigenvalue weighted by molar-refractivity contribution is 5.87. The van der Waals surface area contributed by atoms with Gasteiger partial charge in [0.2, 0.25) is 0 Å². The van der Waals surface area contributed by atoms with E-state index < -0.39 is 0 Å². The van der Waals surface area contributed by atoms with Crippen LogP contribution < -0.4 is 0 Å². The van der Waals surface area contributed by atoms with Gasteiger partial charge < -0.3 is 4.74 Å². The van der Waals surface area contributed by atoms with E-state index >= 15 is 0 Å². The number of rotatable bonds is 4. The van der Waals surface area contributed by atoms with Crippen molar-refractivity contribution in [3.05, 3.63) is 12.2 Å². The van der Waals surface area contributed by atoms with E-state index in [0.29, 0.717) is 16.9 Å². The molecule has 0 spiro atoms. The number of esters is 1. The van der Waals surface area contributed by atoms with Gasteiger partial charge in [-0.15, -0.1) is 0 Å². The summed E-state index contributed by atoms with van der Waals surface area (Å²) in [5, 5.41) is 0. The summed E-state index contributed by atoms with van der Waals surface area (Å²) in [6, 6.07) is 0. The van der Waals surface area contributed by atoms with Gasteiger partial charge in [0.15, 0.2) is 0 Å². The number of ether oxygens (including phenoxy) is 1. The smallest absolute Gasteiger partial charge is 0.333 e. The first-order valence-electron chi connectivity index (χ1n) is 8.33. The molecule has 4 saturated carbocycles. The van der Waals surface area contributed by atoms with Crippen molar-refractivity contribution >= 4 is 5.97 Å². The molecule has 0 aromatic carbocycles. The first kappa shape index (κ1) is 14.2. The van der Waals surface area contributed by atoms with Crippen LogP contribution in [0.1, 0.15) is 65.7 Å². The third-order valence-corrected chi connectivity index (χ3v) is 6.46. The molecule has 0 heterocycles. The maximum absolute atomic E-state index is 12.2. The molecule has 2 nitrogen and oxygen atoms in total. The summed E-state index contributed by atoms with van der Waals surface area (Å²) < 4.78 is 6.10. The highest BCUT2D eigenvalue weighted by atomic mass is 16.6. The Hall–Kier alpha value is -0.790. The third kappa shape index (κ3) is 1.87. The number of hydrogen-bond acceptors (Lipinski definition) is 2. The molecule has 4 fully saturated rings. The van der Waals surface area contributed by atoms with Gasteiger partial charge in [-0.25, -0.2) is 4.79 Å². The Labute approximate surface area is 123 Å². The van der Waals surface area contributed by atoms with Crippen LogP contribution in [0.4, 0.5) is 0 Å². The number of carbonyl (C=O) groups is 1. The van der Waals surface area contributed by atoms with Gasteiger partial charge in [0.25, 0.3) is 0 Å². The van der Waals surface area contributed by atoms with Crippen LogP contribution >= 0.6 is 0 Å². The topological polar surface area (TPSA) is 26.3 Å². The molecule has 0 radical (unpaired) electrons. The lowest BCUT2D eigenvalue weighted by atomic mass is 9.42. The van der Waals surface area contributed by atoms with Gasteiger partial charge in [-0.2, -0.15) is 0 Å². The fourth-order valence-electron chi connectivity index (χ4n) is 6.14. The van der Waals surface area contributed by atoms with Crippen LogP contribution in [0, 0.1) is 23.2 Å². The van der Waals surface area contributed by atoms with Gasteiger partial charge in [-0.3, -0.25) is 0 Å². The molecular formula is C18H28O2. The van der Waals surface area contributed by atoms with Gasteiger partial charge in [-0.05, 0) is 62.7 Å². The minimum atomic E-state index is -0.176. The Morgan fingerprint density at radius 3 is 2.25 bits per heavy atom. The summed E-state index contributed by atoms with van der Waals surface area (Å²) in [6.07, 6.45) is 8.67. The highest BCUT2D eigenvalue weighted by Gasteiger charge is 2.64. The van der Waals surface area contributed by atoms with E-state index in [1.54, 1.807) is 6.92 Å². The molecule has 0 amide bonds. The lowest BCUT2D eigenvalue weighted by molar-refractivity contribution is -0.232. The van der Waals surface area contributed by atoms with Crippen molar-refractivity contribution in [2.45, 2.75) is 71.3 Å². The second-order valence-corrected chi connectivity index (χ2v) is 7.70. The summed E-state index contributed by atoms with van der Waals surface area (Å²) in [4.78, 5) is 12.2. The van der Waals surface area contributed by atoms with Crippen molar-refractivity contribution in [2.75, 3.05) is 0 Å². The van der Waals surface area contributed by atoms with Crippen molar-refractivity contribution < 1.29 is 9.53 Å². The summed E-state index contributed by atoms with van der Waals surface area (Å²) in [5.41, 5.74) is 0.806. The molecule has 4 rings (SSSR count). The minimum absolute atomic E-state index is 0.170. The van der Waals surface area contributed by atoms with Gasteiger partial charge in [0.05, 0.1) is 0 Å². The largest absolute Gasteiger partial charge is 0.455 e. The van der Waals surface area contributed by atoms with E-state index in [2.05, 4.69) is 20.4 Å². The number of hydrogen-bond donors (Lipinski definition) is 0. The zero-order valence-electron chi connectivity index (χ0n) is 13.2. The molecule has 112 valence electrons. The molecule has 4 aliphatic carbocycles. The predicted octanol–water partition coefficient (Wildman–Crippen LogP) is 4.49. The molecule has 0 aromatic rings. The molecule has 4 bridgehead atoms. The van der Waals surface area contributed by atoms with Gasteiger partial charge in [-0.1, -0.05) is 26.8 Å². The predicted molar refractivity (Wildman–Crippen MR) is 80.2 cm³/mol. The molecular weight excluding hydrogens is 248 g/mol. The fourth-order valence-corrected chi connectivity index (χ4v) is 6.14.